The van der Waals surface area contributed by atoms with Gasteiger partial charge < -0.3 is 19.8 Å². The lowest BCUT2D eigenvalue weighted by atomic mass is 10.1. The minimum absolute atomic E-state index is 0.164. The van der Waals surface area contributed by atoms with Crippen molar-refractivity contribution < 1.29 is 14.3 Å². The second-order valence-corrected chi connectivity index (χ2v) is 6.61. The van der Waals surface area contributed by atoms with E-state index in [1.807, 2.05) is 12.1 Å². The monoisotopic (exact) mass is 413 g/mol. The van der Waals surface area contributed by atoms with Crippen molar-refractivity contribution in [3.8, 4) is 11.4 Å². The number of carboxylic acid groups (broad SMARTS) is 1. The molecule has 3 N–H and O–H groups in total. The smallest absolute Gasteiger partial charge is 0.404 e. The number of aromatic nitrogens is 2. The van der Waals surface area contributed by atoms with E-state index in [0.29, 0.717) is 22.5 Å². The van der Waals surface area contributed by atoms with Crippen LogP contribution in [0.2, 0.25) is 0 Å². The number of aromatic amines is 1. The predicted molar refractivity (Wildman–Crippen MR) is 100 cm³/mol. The number of hydrogen-bond donors (Lipinski definition) is 3. The van der Waals surface area contributed by atoms with Gasteiger partial charge in [0.2, 0.25) is 5.58 Å². The van der Waals surface area contributed by atoms with Gasteiger partial charge in [-0.1, -0.05) is 34.1 Å². The molecule has 7 nitrogen and oxygen atoms in total. The van der Waals surface area contributed by atoms with Crippen LogP contribution >= 0.6 is 15.9 Å². The standard InChI is InChI=1S/C18H12BrN3O4/c19-11-4-5-13-12(7-11)14-15(26-13)17(23)22-16(21-14)10-3-1-2-9(6-10)8-20-18(24)25/h1-7,20H,8H2,(H,24,25)(H,21,22,23). The first-order valence-electron chi connectivity index (χ1n) is 7.69. The maximum Gasteiger partial charge on any atom is 0.404 e. The molecule has 0 saturated carbocycles. The molecule has 0 fully saturated rings. The Balaban J connectivity index is 1.86. The molecule has 2 heterocycles. The molecule has 0 saturated heterocycles. The zero-order valence-electron chi connectivity index (χ0n) is 13.2. The number of amides is 1. The molecule has 0 radical (unpaired) electrons. The largest absolute Gasteiger partial charge is 0.465 e. The summed E-state index contributed by atoms with van der Waals surface area (Å²) in [4.78, 5) is 30.4. The maximum atomic E-state index is 12.4. The van der Waals surface area contributed by atoms with Crippen LogP contribution in [0.4, 0.5) is 4.79 Å². The van der Waals surface area contributed by atoms with E-state index in [-0.39, 0.29) is 17.7 Å². The molecule has 0 atom stereocenters. The number of carbonyl (C=O) groups is 1. The van der Waals surface area contributed by atoms with E-state index >= 15 is 0 Å². The molecule has 0 aliphatic rings. The summed E-state index contributed by atoms with van der Waals surface area (Å²) in [6.07, 6.45) is -1.10. The van der Waals surface area contributed by atoms with Crippen molar-refractivity contribution in [1.82, 2.24) is 15.3 Å². The summed E-state index contributed by atoms with van der Waals surface area (Å²) in [5, 5.41) is 11.8. The number of furan rings is 1. The summed E-state index contributed by atoms with van der Waals surface area (Å²) in [5.41, 5.74) is 2.30. The molecular formula is C18H12BrN3O4. The van der Waals surface area contributed by atoms with Gasteiger partial charge in [-0.15, -0.1) is 0 Å². The van der Waals surface area contributed by atoms with Crippen LogP contribution in [0.25, 0.3) is 33.5 Å². The highest BCUT2D eigenvalue weighted by Crippen LogP contribution is 2.29. The van der Waals surface area contributed by atoms with Crippen LogP contribution in [0.15, 0.2) is 56.1 Å². The Hall–Kier alpha value is -3.13. The van der Waals surface area contributed by atoms with Crippen LogP contribution in [0.1, 0.15) is 5.56 Å². The van der Waals surface area contributed by atoms with Gasteiger partial charge in [-0.2, -0.15) is 0 Å². The van der Waals surface area contributed by atoms with E-state index in [4.69, 9.17) is 9.52 Å². The lowest BCUT2D eigenvalue weighted by Crippen LogP contribution is -2.19. The molecule has 0 aliphatic carbocycles. The molecule has 0 spiro atoms. The topological polar surface area (TPSA) is 108 Å². The minimum Gasteiger partial charge on any atom is -0.465 e. The number of nitrogens with zero attached hydrogens (tertiary/aromatic N) is 1. The Labute approximate surface area is 154 Å². The van der Waals surface area contributed by atoms with Crippen molar-refractivity contribution in [3.63, 3.8) is 0 Å². The van der Waals surface area contributed by atoms with E-state index in [1.165, 1.54) is 0 Å². The van der Waals surface area contributed by atoms with Crippen LogP contribution < -0.4 is 10.9 Å². The molecule has 8 heteroatoms. The van der Waals surface area contributed by atoms with E-state index < -0.39 is 6.09 Å². The van der Waals surface area contributed by atoms with Gasteiger partial charge in [-0.3, -0.25) is 4.79 Å². The summed E-state index contributed by atoms with van der Waals surface area (Å²) in [5.74, 6) is 0.391. The van der Waals surface area contributed by atoms with Gasteiger partial charge in [0.25, 0.3) is 5.56 Å². The number of fused-ring (bicyclic) bond motifs is 3. The first-order valence-corrected chi connectivity index (χ1v) is 8.49. The van der Waals surface area contributed by atoms with E-state index in [0.717, 1.165) is 15.4 Å². The quantitative estimate of drug-likeness (QED) is 0.472. The number of H-pyrrole nitrogens is 1. The highest BCUT2D eigenvalue weighted by molar-refractivity contribution is 9.10. The molecule has 4 rings (SSSR count). The van der Waals surface area contributed by atoms with Crippen molar-refractivity contribution in [2.75, 3.05) is 0 Å². The van der Waals surface area contributed by atoms with Crippen LogP contribution in [-0.2, 0) is 6.54 Å². The van der Waals surface area contributed by atoms with Crippen molar-refractivity contribution in [3.05, 3.63) is 62.9 Å². The van der Waals surface area contributed by atoms with Crippen LogP contribution in [0, 0.1) is 0 Å². The molecule has 2 aromatic carbocycles. The number of hydrogen-bond acceptors (Lipinski definition) is 4. The molecule has 0 aliphatic heterocycles. The van der Waals surface area contributed by atoms with Gasteiger partial charge in [0.15, 0.2) is 0 Å². The average Bonchev–Trinajstić information content (AvgIpc) is 2.99. The Morgan fingerprint density at radius 1 is 1.27 bits per heavy atom. The molecule has 0 bridgehead atoms. The van der Waals surface area contributed by atoms with Gasteiger partial charge in [-0.05, 0) is 29.8 Å². The van der Waals surface area contributed by atoms with Crippen molar-refractivity contribution in [2.45, 2.75) is 6.54 Å². The van der Waals surface area contributed by atoms with Crippen LogP contribution in [-0.4, -0.2) is 21.2 Å². The zero-order chi connectivity index (χ0) is 18.3. The maximum absolute atomic E-state index is 12.4. The van der Waals surface area contributed by atoms with Crippen molar-refractivity contribution >= 4 is 44.1 Å². The fourth-order valence-corrected chi connectivity index (χ4v) is 3.13. The van der Waals surface area contributed by atoms with E-state index in [2.05, 4.69) is 31.2 Å². The lowest BCUT2D eigenvalue weighted by Gasteiger charge is -2.05. The summed E-state index contributed by atoms with van der Waals surface area (Å²) < 4.78 is 6.47. The van der Waals surface area contributed by atoms with E-state index in [1.54, 1.807) is 30.3 Å². The molecule has 2 aromatic heterocycles. The van der Waals surface area contributed by atoms with Crippen molar-refractivity contribution in [1.29, 1.82) is 0 Å². The third-order valence-corrected chi connectivity index (χ3v) is 4.42. The predicted octanol–water partition coefficient (Wildman–Crippen LogP) is 3.87. The van der Waals surface area contributed by atoms with Gasteiger partial charge in [0, 0.05) is 22.0 Å². The third-order valence-electron chi connectivity index (χ3n) is 3.93. The zero-order valence-corrected chi connectivity index (χ0v) is 14.8. The van der Waals surface area contributed by atoms with Gasteiger partial charge in [0.05, 0.1) is 0 Å². The molecule has 0 unspecified atom stereocenters. The number of nitrogens with one attached hydrogen (secondary N) is 2. The van der Waals surface area contributed by atoms with Crippen molar-refractivity contribution in [2.24, 2.45) is 0 Å². The Bertz CT molecular complexity index is 1210. The normalized spacial score (nSPS) is 11.1. The molecule has 4 aromatic rings. The van der Waals surface area contributed by atoms with Crippen LogP contribution in [0.5, 0.6) is 0 Å². The van der Waals surface area contributed by atoms with Crippen LogP contribution in [0.3, 0.4) is 0 Å². The fraction of sp³-hybridized carbons (Fsp3) is 0.0556. The van der Waals surface area contributed by atoms with Gasteiger partial charge >= 0.3 is 6.09 Å². The minimum atomic E-state index is -1.10. The molecular weight excluding hydrogens is 402 g/mol. The first kappa shape index (κ1) is 16.3. The Morgan fingerprint density at radius 2 is 2.12 bits per heavy atom. The number of benzene rings is 2. The molecule has 130 valence electrons. The summed E-state index contributed by atoms with van der Waals surface area (Å²) in [6, 6.07) is 12.6. The lowest BCUT2D eigenvalue weighted by molar-refractivity contribution is 0.194. The Kier molecular flexibility index (Phi) is 3.96. The number of rotatable bonds is 3. The SMILES string of the molecule is O=C(O)NCc1cccc(-c2nc3c(oc4ccc(Br)cc43)c(=O)[nH]2)c1. The molecule has 26 heavy (non-hydrogen) atoms. The number of halogens is 1. The van der Waals surface area contributed by atoms with Gasteiger partial charge in [0.1, 0.15) is 16.9 Å². The highest BCUT2D eigenvalue weighted by atomic mass is 79.9. The molecule has 1 amide bonds. The highest BCUT2D eigenvalue weighted by Gasteiger charge is 2.14. The Morgan fingerprint density at radius 3 is 2.92 bits per heavy atom. The fourth-order valence-electron chi connectivity index (χ4n) is 2.77. The second-order valence-electron chi connectivity index (χ2n) is 5.69. The first-order chi connectivity index (χ1) is 12.5. The summed E-state index contributed by atoms with van der Waals surface area (Å²) in [6.45, 7) is 0.164. The second kappa shape index (κ2) is 6.30. The summed E-state index contributed by atoms with van der Waals surface area (Å²) in [7, 11) is 0. The summed E-state index contributed by atoms with van der Waals surface area (Å²) >= 11 is 3.41. The van der Waals surface area contributed by atoms with E-state index in [9.17, 15) is 9.59 Å². The van der Waals surface area contributed by atoms with Gasteiger partial charge in [-0.25, -0.2) is 9.78 Å². The third kappa shape index (κ3) is 2.95. The average molecular weight is 414 g/mol.